The van der Waals surface area contributed by atoms with Gasteiger partial charge in [-0.25, -0.2) is 9.97 Å². The van der Waals surface area contributed by atoms with E-state index in [1.54, 1.807) is 6.20 Å². The van der Waals surface area contributed by atoms with Gasteiger partial charge in [-0.2, -0.15) is 5.10 Å². The molecule has 0 aromatic carbocycles. The monoisotopic (exact) mass is 217 g/mol. The summed E-state index contributed by atoms with van der Waals surface area (Å²) in [5.74, 6) is 0.795. The second-order valence-electron chi connectivity index (χ2n) is 3.53. The Morgan fingerprint density at radius 1 is 1.44 bits per heavy atom. The molecule has 0 bridgehead atoms. The number of aryl methyl sites for hydroxylation is 2. The highest BCUT2D eigenvalue weighted by molar-refractivity contribution is 5.38. The fourth-order valence-corrected chi connectivity index (χ4v) is 1.42. The van der Waals surface area contributed by atoms with Crippen molar-refractivity contribution in [1.29, 1.82) is 0 Å². The molecule has 2 aromatic rings. The van der Waals surface area contributed by atoms with Crippen molar-refractivity contribution in [3.63, 3.8) is 0 Å². The minimum atomic E-state index is 0.693. The summed E-state index contributed by atoms with van der Waals surface area (Å²) in [4.78, 5) is 8.37. The van der Waals surface area contributed by atoms with E-state index < -0.39 is 0 Å². The molecule has 0 amide bonds. The van der Waals surface area contributed by atoms with Crippen molar-refractivity contribution in [2.75, 3.05) is 5.32 Å². The zero-order valence-corrected chi connectivity index (χ0v) is 9.51. The molecule has 84 valence electrons. The van der Waals surface area contributed by atoms with Gasteiger partial charge in [0.1, 0.15) is 5.82 Å². The van der Waals surface area contributed by atoms with E-state index in [9.17, 15) is 0 Å². The molecule has 5 heteroatoms. The van der Waals surface area contributed by atoms with E-state index in [1.807, 2.05) is 30.1 Å². The molecule has 1 N–H and O–H groups in total. The molecule has 0 spiro atoms. The van der Waals surface area contributed by atoms with Crippen LogP contribution in [0.1, 0.15) is 18.4 Å². The van der Waals surface area contributed by atoms with E-state index in [-0.39, 0.29) is 0 Å². The molecular formula is C11H15N5. The van der Waals surface area contributed by atoms with Gasteiger partial charge < -0.3 is 5.32 Å². The maximum Gasteiger partial charge on any atom is 0.125 e. The van der Waals surface area contributed by atoms with Gasteiger partial charge in [0.05, 0.1) is 24.1 Å². The molecule has 0 saturated heterocycles. The number of rotatable bonds is 4. The third kappa shape index (κ3) is 2.56. The second kappa shape index (κ2) is 4.74. The van der Waals surface area contributed by atoms with E-state index in [0.29, 0.717) is 6.54 Å². The molecule has 0 atom stereocenters. The summed E-state index contributed by atoms with van der Waals surface area (Å²) >= 11 is 0. The molecule has 0 aliphatic carbocycles. The number of aromatic nitrogens is 4. The van der Waals surface area contributed by atoms with Gasteiger partial charge in [-0.1, -0.05) is 0 Å². The molecule has 5 nitrogen and oxygen atoms in total. The van der Waals surface area contributed by atoms with E-state index in [0.717, 1.165) is 23.8 Å². The lowest BCUT2D eigenvalue weighted by molar-refractivity contribution is 0.660. The highest BCUT2D eigenvalue weighted by Crippen LogP contribution is 2.06. The molecule has 0 unspecified atom stereocenters. The molecule has 0 aliphatic heterocycles. The topological polar surface area (TPSA) is 55.6 Å². The lowest BCUT2D eigenvalue weighted by atomic mass is 10.4. The Bertz CT molecular complexity index is 463. The van der Waals surface area contributed by atoms with Crippen LogP contribution in [-0.4, -0.2) is 19.7 Å². The molecule has 2 rings (SSSR count). The van der Waals surface area contributed by atoms with Gasteiger partial charge in [-0.05, 0) is 19.9 Å². The summed E-state index contributed by atoms with van der Waals surface area (Å²) in [7, 11) is 0. The third-order valence-corrected chi connectivity index (χ3v) is 2.26. The fourth-order valence-electron chi connectivity index (χ4n) is 1.42. The van der Waals surface area contributed by atoms with Crippen LogP contribution in [0.4, 0.5) is 5.69 Å². The number of anilines is 1. The number of hydrogen-bond acceptors (Lipinski definition) is 4. The second-order valence-corrected chi connectivity index (χ2v) is 3.53. The summed E-state index contributed by atoms with van der Waals surface area (Å²) in [6, 6.07) is 1.91. The average molecular weight is 217 g/mol. The molecule has 2 heterocycles. The van der Waals surface area contributed by atoms with Gasteiger partial charge in [0.2, 0.25) is 0 Å². The smallest absolute Gasteiger partial charge is 0.125 e. The van der Waals surface area contributed by atoms with E-state index >= 15 is 0 Å². The summed E-state index contributed by atoms with van der Waals surface area (Å²) in [5, 5.41) is 7.46. The van der Waals surface area contributed by atoms with Gasteiger partial charge in [-0.3, -0.25) is 4.68 Å². The maximum absolute atomic E-state index is 4.31. The molecule has 0 fully saturated rings. The van der Waals surface area contributed by atoms with Crippen LogP contribution in [0.15, 0.2) is 24.7 Å². The van der Waals surface area contributed by atoms with Crippen LogP contribution in [0.5, 0.6) is 0 Å². The van der Waals surface area contributed by atoms with Crippen molar-refractivity contribution < 1.29 is 0 Å². The van der Waals surface area contributed by atoms with Crippen molar-refractivity contribution in [2.45, 2.75) is 26.9 Å². The first-order valence-corrected chi connectivity index (χ1v) is 5.33. The fraction of sp³-hybridized carbons (Fsp3) is 0.364. The Balaban J connectivity index is 1.96. The SMILES string of the molecule is CCn1cc(NCc2ccnc(C)n2)cn1. The number of nitrogens with one attached hydrogen (secondary N) is 1. The first-order chi connectivity index (χ1) is 7.78. The largest absolute Gasteiger partial charge is 0.377 e. The first kappa shape index (κ1) is 10.6. The van der Waals surface area contributed by atoms with Gasteiger partial charge in [0, 0.05) is 18.9 Å². The van der Waals surface area contributed by atoms with Crippen LogP contribution in [0.3, 0.4) is 0 Å². The van der Waals surface area contributed by atoms with Gasteiger partial charge in [-0.15, -0.1) is 0 Å². The van der Waals surface area contributed by atoms with E-state index in [2.05, 4.69) is 27.3 Å². The minimum absolute atomic E-state index is 0.693. The molecule has 0 radical (unpaired) electrons. The quantitative estimate of drug-likeness (QED) is 0.845. The van der Waals surface area contributed by atoms with Crippen molar-refractivity contribution in [3.05, 3.63) is 36.2 Å². The van der Waals surface area contributed by atoms with Crippen LogP contribution < -0.4 is 5.32 Å². The molecule has 0 saturated carbocycles. The van der Waals surface area contributed by atoms with Gasteiger partial charge >= 0.3 is 0 Å². The predicted octanol–water partition coefficient (Wildman–Crippen LogP) is 1.61. The Morgan fingerprint density at radius 2 is 2.31 bits per heavy atom. The van der Waals surface area contributed by atoms with Crippen molar-refractivity contribution in [2.24, 2.45) is 0 Å². The average Bonchev–Trinajstić information content (AvgIpc) is 2.74. The summed E-state index contributed by atoms with van der Waals surface area (Å²) in [5.41, 5.74) is 2.00. The highest BCUT2D eigenvalue weighted by atomic mass is 15.3. The van der Waals surface area contributed by atoms with E-state index in [4.69, 9.17) is 0 Å². The van der Waals surface area contributed by atoms with Crippen LogP contribution in [-0.2, 0) is 13.1 Å². The summed E-state index contributed by atoms with van der Waals surface area (Å²) < 4.78 is 1.88. The summed E-state index contributed by atoms with van der Waals surface area (Å²) in [6.45, 7) is 5.52. The predicted molar refractivity (Wildman–Crippen MR) is 62.0 cm³/mol. The standard InChI is InChI=1S/C11H15N5/c1-3-16-8-11(7-14-16)13-6-10-4-5-12-9(2)15-10/h4-5,7-8,13H,3,6H2,1-2H3. The lowest BCUT2D eigenvalue weighted by Gasteiger charge is -2.02. The Labute approximate surface area is 94.5 Å². The van der Waals surface area contributed by atoms with Crippen LogP contribution >= 0.6 is 0 Å². The normalized spacial score (nSPS) is 10.4. The first-order valence-electron chi connectivity index (χ1n) is 5.33. The van der Waals surface area contributed by atoms with Crippen LogP contribution in [0, 0.1) is 6.92 Å². The lowest BCUT2D eigenvalue weighted by Crippen LogP contribution is -2.02. The Kier molecular flexibility index (Phi) is 3.14. The zero-order valence-electron chi connectivity index (χ0n) is 9.51. The molecular weight excluding hydrogens is 202 g/mol. The summed E-state index contributed by atoms with van der Waals surface area (Å²) in [6.07, 6.45) is 5.57. The van der Waals surface area contributed by atoms with E-state index in [1.165, 1.54) is 0 Å². The zero-order chi connectivity index (χ0) is 11.4. The molecule has 16 heavy (non-hydrogen) atoms. The highest BCUT2D eigenvalue weighted by Gasteiger charge is 1.98. The van der Waals surface area contributed by atoms with Gasteiger partial charge in [0.25, 0.3) is 0 Å². The van der Waals surface area contributed by atoms with Crippen molar-refractivity contribution >= 4 is 5.69 Å². The third-order valence-electron chi connectivity index (χ3n) is 2.26. The van der Waals surface area contributed by atoms with Crippen molar-refractivity contribution in [3.8, 4) is 0 Å². The van der Waals surface area contributed by atoms with Gasteiger partial charge in [0.15, 0.2) is 0 Å². The molecule has 2 aromatic heterocycles. The van der Waals surface area contributed by atoms with Crippen LogP contribution in [0.2, 0.25) is 0 Å². The van der Waals surface area contributed by atoms with Crippen LogP contribution in [0.25, 0.3) is 0 Å². The number of hydrogen-bond donors (Lipinski definition) is 1. The van der Waals surface area contributed by atoms with Crippen molar-refractivity contribution in [1.82, 2.24) is 19.7 Å². The maximum atomic E-state index is 4.31. The Morgan fingerprint density at radius 3 is 3.00 bits per heavy atom. The minimum Gasteiger partial charge on any atom is -0.377 e. The number of nitrogens with zero attached hydrogens (tertiary/aromatic N) is 4. The molecule has 0 aliphatic rings. The Hall–Kier alpha value is -1.91.